The van der Waals surface area contributed by atoms with Crippen LogP contribution in [0.25, 0.3) is 32.9 Å². The average molecular weight is 618 g/mol. The second kappa shape index (κ2) is 15.4. The van der Waals surface area contributed by atoms with Crippen LogP contribution in [-0.4, -0.2) is 59.6 Å². The molecule has 0 radical (unpaired) electrons. The number of aliphatic hydroxyl groups is 1. The van der Waals surface area contributed by atoms with Crippen molar-refractivity contribution in [2.45, 2.75) is 13.0 Å². The maximum atomic E-state index is 11.4. The Morgan fingerprint density at radius 2 is 1.63 bits per heavy atom. The quantitative estimate of drug-likeness (QED) is 0.142. The van der Waals surface area contributed by atoms with Crippen LogP contribution < -0.4 is 25.1 Å². The normalized spacial score (nSPS) is 11.3. The molecule has 3 aromatic heterocycles. The number of nitrogens with one attached hydrogen (secondary N) is 3. The maximum absolute atomic E-state index is 11.4. The van der Waals surface area contributed by atoms with Crippen LogP contribution in [0.1, 0.15) is 11.3 Å². The average Bonchev–Trinajstić information content (AvgIpc) is 3.47. The summed E-state index contributed by atoms with van der Waals surface area (Å²) in [4.78, 5) is 21.3. The standard InChI is InChI=1S/C24H26N2O4.C12H9N3O/c1-28-21-10-4-5-11-22(21)29-14-13-25-15-17(27)16-30-23-12-6-9-20-24(23)18-7-2-3-8-19(18)26-20;1-8-11(9-2-4-14-5-3-9)6-10(7-13)12(16)15-8/h2-12,17,25-27H,13-16H2,1H3;2-6H,1H3,(H,15,16). The lowest BCUT2D eigenvalue weighted by Crippen LogP contribution is -2.33. The van der Waals surface area contributed by atoms with Gasteiger partial charge in [0.25, 0.3) is 5.56 Å². The second-order valence-electron chi connectivity index (χ2n) is 10.4. The number of rotatable bonds is 11. The summed E-state index contributed by atoms with van der Waals surface area (Å²) in [7, 11) is 1.62. The number of hydrogen-bond donors (Lipinski definition) is 4. The number of ether oxygens (including phenoxy) is 3. The first-order chi connectivity index (χ1) is 22.5. The van der Waals surface area contributed by atoms with E-state index in [9.17, 15) is 9.90 Å². The third kappa shape index (κ3) is 7.71. The van der Waals surface area contributed by atoms with Gasteiger partial charge in [0.1, 0.15) is 36.7 Å². The van der Waals surface area contributed by atoms with Gasteiger partial charge in [-0.05, 0) is 61.0 Å². The molecule has 234 valence electrons. The molecule has 0 spiro atoms. The number of aromatic amines is 2. The van der Waals surface area contributed by atoms with Crippen LogP contribution in [0.15, 0.2) is 102 Å². The van der Waals surface area contributed by atoms with Crippen molar-refractivity contribution in [2.24, 2.45) is 0 Å². The molecular formula is C36H35N5O5. The molecule has 4 N–H and O–H groups in total. The lowest BCUT2D eigenvalue weighted by Gasteiger charge is -2.15. The number of pyridine rings is 2. The third-order valence-electron chi connectivity index (χ3n) is 7.26. The number of para-hydroxylation sites is 3. The summed E-state index contributed by atoms with van der Waals surface area (Å²) in [5.41, 5.74) is 4.39. The van der Waals surface area contributed by atoms with Gasteiger partial charge in [0.2, 0.25) is 0 Å². The highest BCUT2D eigenvalue weighted by Gasteiger charge is 2.12. The molecule has 0 aliphatic rings. The topological polar surface area (TPSA) is 145 Å². The molecule has 46 heavy (non-hydrogen) atoms. The fraction of sp³-hybridized carbons (Fsp3) is 0.194. The van der Waals surface area contributed by atoms with Gasteiger partial charge in [-0.25, -0.2) is 0 Å². The zero-order valence-electron chi connectivity index (χ0n) is 25.6. The van der Waals surface area contributed by atoms with E-state index in [4.69, 9.17) is 19.5 Å². The van der Waals surface area contributed by atoms with Gasteiger partial charge in [-0.15, -0.1) is 0 Å². The molecule has 0 saturated carbocycles. The summed E-state index contributed by atoms with van der Waals surface area (Å²) >= 11 is 0. The van der Waals surface area contributed by atoms with Crippen molar-refractivity contribution in [3.8, 4) is 34.4 Å². The highest BCUT2D eigenvalue weighted by molar-refractivity contribution is 6.10. The van der Waals surface area contributed by atoms with E-state index < -0.39 is 6.10 Å². The fourth-order valence-electron chi connectivity index (χ4n) is 5.01. The van der Waals surface area contributed by atoms with Crippen molar-refractivity contribution in [1.29, 1.82) is 5.26 Å². The first-order valence-corrected chi connectivity index (χ1v) is 14.8. The fourth-order valence-corrected chi connectivity index (χ4v) is 5.01. The Labute approximate surface area is 266 Å². The molecule has 0 saturated heterocycles. The zero-order valence-corrected chi connectivity index (χ0v) is 25.6. The Hall–Kier alpha value is -5.63. The van der Waals surface area contributed by atoms with E-state index >= 15 is 0 Å². The van der Waals surface area contributed by atoms with Crippen molar-refractivity contribution >= 4 is 21.8 Å². The van der Waals surface area contributed by atoms with Crippen LogP contribution in [0.4, 0.5) is 0 Å². The van der Waals surface area contributed by atoms with Crippen LogP contribution in [-0.2, 0) is 0 Å². The Kier molecular flexibility index (Phi) is 10.6. The SMILES string of the molecule is COc1ccccc1OCCNCC(O)COc1cccc2[nH]c3ccccc3c12.Cc1[nH]c(=O)c(C#N)cc1-c1ccncc1. The van der Waals surface area contributed by atoms with Crippen molar-refractivity contribution in [2.75, 3.05) is 33.4 Å². The van der Waals surface area contributed by atoms with Gasteiger partial charge in [0.15, 0.2) is 11.5 Å². The van der Waals surface area contributed by atoms with Crippen LogP contribution >= 0.6 is 0 Å². The van der Waals surface area contributed by atoms with Crippen molar-refractivity contribution in [3.05, 3.63) is 119 Å². The minimum atomic E-state index is -0.628. The van der Waals surface area contributed by atoms with E-state index in [1.165, 1.54) is 0 Å². The molecule has 3 heterocycles. The number of nitrogens with zero attached hydrogens (tertiary/aromatic N) is 2. The van der Waals surface area contributed by atoms with Crippen molar-refractivity contribution in [3.63, 3.8) is 0 Å². The molecule has 6 aromatic rings. The largest absolute Gasteiger partial charge is 0.493 e. The minimum Gasteiger partial charge on any atom is -0.493 e. The Morgan fingerprint density at radius 3 is 2.41 bits per heavy atom. The molecule has 0 fully saturated rings. The van der Waals surface area contributed by atoms with E-state index in [-0.39, 0.29) is 17.7 Å². The Balaban J connectivity index is 0.000000219. The van der Waals surface area contributed by atoms with Gasteiger partial charge in [0.05, 0.1) is 12.6 Å². The number of aliphatic hydroxyl groups excluding tert-OH is 1. The van der Waals surface area contributed by atoms with Crippen LogP contribution in [0.5, 0.6) is 17.2 Å². The monoisotopic (exact) mass is 617 g/mol. The summed E-state index contributed by atoms with van der Waals surface area (Å²) in [5.74, 6) is 2.18. The number of hydrogen-bond acceptors (Lipinski definition) is 8. The highest BCUT2D eigenvalue weighted by atomic mass is 16.5. The maximum Gasteiger partial charge on any atom is 0.266 e. The number of benzene rings is 3. The molecule has 10 heteroatoms. The van der Waals surface area contributed by atoms with Gasteiger partial charge >= 0.3 is 0 Å². The number of nitriles is 1. The molecule has 0 aliphatic heterocycles. The molecule has 0 aliphatic carbocycles. The summed E-state index contributed by atoms with van der Waals surface area (Å²) in [6.45, 7) is 3.51. The zero-order chi connectivity index (χ0) is 32.3. The van der Waals surface area contributed by atoms with Gasteiger partial charge in [-0.1, -0.05) is 36.4 Å². The number of aryl methyl sites for hydroxylation is 1. The van der Waals surface area contributed by atoms with Crippen LogP contribution in [0.3, 0.4) is 0 Å². The molecular weight excluding hydrogens is 582 g/mol. The van der Waals surface area contributed by atoms with E-state index in [2.05, 4.69) is 26.3 Å². The smallest absolute Gasteiger partial charge is 0.266 e. The number of methoxy groups -OCH3 is 1. The molecule has 0 amide bonds. The molecule has 1 atom stereocenters. The lowest BCUT2D eigenvalue weighted by molar-refractivity contribution is 0.106. The van der Waals surface area contributed by atoms with Crippen LogP contribution in [0, 0.1) is 18.3 Å². The van der Waals surface area contributed by atoms with E-state index in [1.807, 2.05) is 78.9 Å². The number of fused-ring (bicyclic) bond motifs is 3. The Morgan fingerprint density at radius 1 is 0.913 bits per heavy atom. The van der Waals surface area contributed by atoms with Crippen molar-refractivity contribution in [1.82, 2.24) is 20.3 Å². The summed E-state index contributed by atoms with van der Waals surface area (Å²) in [5, 5.41) is 24.4. The molecule has 6 rings (SSSR count). The van der Waals surface area contributed by atoms with Crippen molar-refractivity contribution < 1.29 is 19.3 Å². The van der Waals surface area contributed by atoms with E-state index in [0.29, 0.717) is 31.2 Å². The summed E-state index contributed by atoms with van der Waals surface area (Å²) < 4.78 is 16.9. The Bertz CT molecular complexity index is 2000. The molecule has 0 bridgehead atoms. The highest BCUT2D eigenvalue weighted by Crippen LogP contribution is 2.33. The summed E-state index contributed by atoms with van der Waals surface area (Å²) in [6, 6.07) is 28.7. The number of H-pyrrole nitrogens is 2. The van der Waals surface area contributed by atoms with Crippen LogP contribution in [0.2, 0.25) is 0 Å². The predicted molar refractivity (Wildman–Crippen MR) is 178 cm³/mol. The minimum absolute atomic E-state index is 0.123. The van der Waals surface area contributed by atoms with E-state index in [0.717, 1.165) is 44.4 Å². The summed E-state index contributed by atoms with van der Waals surface area (Å²) in [6.07, 6.45) is 2.72. The first-order valence-electron chi connectivity index (χ1n) is 14.8. The molecule has 10 nitrogen and oxygen atoms in total. The molecule has 3 aromatic carbocycles. The molecule has 1 unspecified atom stereocenters. The van der Waals surface area contributed by atoms with Gasteiger partial charge in [-0.2, -0.15) is 5.26 Å². The predicted octanol–water partition coefficient (Wildman–Crippen LogP) is 5.36. The van der Waals surface area contributed by atoms with Gasteiger partial charge in [-0.3, -0.25) is 9.78 Å². The van der Waals surface area contributed by atoms with Gasteiger partial charge < -0.3 is 34.6 Å². The third-order valence-corrected chi connectivity index (χ3v) is 7.26. The van der Waals surface area contributed by atoms with E-state index in [1.54, 1.807) is 32.5 Å². The first kappa shape index (κ1) is 31.8. The second-order valence-corrected chi connectivity index (χ2v) is 10.4. The number of aromatic nitrogens is 3. The lowest BCUT2D eigenvalue weighted by atomic mass is 10.0. The van der Waals surface area contributed by atoms with Gasteiger partial charge in [0, 0.05) is 53.0 Å².